The maximum absolute atomic E-state index is 12.5. The van der Waals surface area contributed by atoms with Crippen LogP contribution >= 0.6 is 0 Å². The molecule has 0 rings (SSSR count). The molecule has 0 aromatic rings. The molecule has 0 saturated carbocycles. The molecule has 0 bridgehead atoms. The average Bonchev–Trinajstić information content (AvgIpc) is 3.36. The largest absolute Gasteiger partial charge is 0.394 e. The fourth-order valence-corrected chi connectivity index (χ4v) is 10.5. The van der Waals surface area contributed by atoms with Crippen molar-refractivity contribution >= 4 is 5.91 Å². The first kappa shape index (κ1) is 68.9. The number of carbonyl (C=O) groups is 1. The smallest absolute Gasteiger partial charge is 0.220 e. The Balaban J connectivity index is 3.39. The van der Waals surface area contributed by atoms with Crippen LogP contribution in [0.5, 0.6) is 0 Å². The van der Waals surface area contributed by atoms with E-state index in [-0.39, 0.29) is 12.5 Å². The summed E-state index contributed by atoms with van der Waals surface area (Å²) in [6.07, 6.45) is 83.6. The first-order valence-electron chi connectivity index (χ1n) is 32.5. The third-order valence-electron chi connectivity index (χ3n) is 15.5. The Morgan fingerprint density at radius 1 is 0.343 bits per heavy atom. The summed E-state index contributed by atoms with van der Waals surface area (Å²) in [5.74, 6) is -0.0244. The Morgan fingerprint density at radius 3 is 0.857 bits per heavy atom. The van der Waals surface area contributed by atoms with Gasteiger partial charge in [0.25, 0.3) is 0 Å². The van der Waals surface area contributed by atoms with E-state index >= 15 is 0 Å². The van der Waals surface area contributed by atoms with Crippen molar-refractivity contribution < 1.29 is 15.0 Å². The van der Waals surface area contributed by atoms with Crippen LogP contribution in [-0.2, 0) is 4.79 Å². The average molecular weight is 985 g/mol. The molecule has 1 amide bonds. The first-order valence-corrected chi connectivity index (χ1v) is 32.5. The summed E-state index contributed by atoms with van der Waals surface area (Å²) in [6.45, 7) is 4.40. The van der Waals surface area contributed by atoms with Gasteiger partial charge in [-0.05, 0) is 44.9 Å². The topological polar surface area (TPSA) is 69.6 Å². The molecule has 0 aliphatic rings. The Labute approximate surface area is 440 Å². The Bertz CT molecular complexity index is 1020. The van der Waals surface area contributed by atoms with Gasteiger partial charge in [-0.15, -0.1) is 0 Å². The van der Waals surface area contributed by atoms with E-state index in [1.165, 1.54) is 315 Å². The number of aliphatic hydroxyl groups excluding tert-OH is 2. The number of unbranched alkanes of at least 4 members (excludes halogenated alkanes) is 50. The minimum atomic E-state index is -0.658. The third-order valence-corrected chi connectivity index (χ3v) is 15.5. The van der Waals surface area contributed by atoms with Crippen molar-refractivity contribution in [3.63, 3.8) is 0 Å². The Morgan fingerprint density at radius 2 is 0.586 bits per heavy atom. The van der Waals surface area contributed by atoms with Gasteiger partial charge in [-0.3, -0.25) is 4.79 Å². The molecule has 0 heterocycles. The summed E-state index contributed by atoms with van der Waals surface area (Å²) in [5.41, 5.74) is 0. The van der Waals surface area contributed by atoms with Crippen molar-refractivity contribution in [2.45, 2.75) is 386 Å². The van der Waals surface area contributed by atoms with E-state index < -0.39 is 12.1 Å². The lowest BCUT2D eigenvalue weighted by atomic mass is 10.0. The van der Waals surface area contributed by atoms with Crippen LogP contribution in [0.1, 0.15) is 373 Å². The minimum Gasteiger partial charge on any atom is -0.394 e. The molecular formula is C66H129NO3. The van der Waals surface area contributed by atoms with Crippen molar-refractivity contribution in [3.05, 3.63) is 24.3 Å². The second-order valence-electron chi connectivity index (χ2n) is 22.5. The van der Waals surface area contributed by atoms with Gasteiger partial charge in [-0.2, -0.15) is 0 Å². The van der Waals surface area contributed by atoms with E-state index in [9.17, 15) is 15.0 Å². The number of aliphatic hydroxyl groups is 2. The van der Waals surface area contributed by atoms with Gasteiger partial charge in [-0.1, -0.05) is 346 Å². The lowest BCUT2D eigenvalue weighted by Gasteiger charge is -2.22. The summed E-state index contributed by atoms with van der Waals surface area (Å²) in [4.78, 5) is 12.5. The number of hydrogen-bond acceptors (Lipinski definition) is 3. The fraction of sp³-hybridized carbons (Fsp3) is 0.924. The second-order valence-corrected chi connectivity index (χ2v) is 22.5. The molecule has 0 spiro atoms. The van der Waals surface area contributed by atoms with E-state index in [0.717, 1.165) is 32.1 Å². The molecule has 3 N–H and O–H groups in total. The highest BCUT2D eigenvalue weighted by molar-refractivity contribution is 5.76. The van der Waals surface area contributed by atoms with Crippen LogP contribution in [0.3, 0.4) is 0 Å². The highest BCUT2D eigenvalue weighted by Gasteiger charge is 2.20. The molecule has 0 radical (unpaired) electrons. The van der Waals surface area contributed by atoms with E-state index in [0.29, 0.717) is 12.8 Å². The van der Waals surface area contributed by atoms with Gasteiger partial charge < -0.3 is 15.5 Å². The predicted molar refractivity (Wildman–Crippen MR) is 313 cm³/mol. The van der Waals surface area contributed by atoms with Crippen molar-refractivity contribution in [2.24, 2.45) is 0 Å². The molecule has 0 aliphatic carbocycles. The molecule has 70 heavy (non-hydrogen) atoms. The van der Waals surface area contributed by atoms with Gasteiger partial charge in [0, 0.05) is 6.42 Å². The van der Waals surface area contributed by atoms with Gasteiger partial charge in [0.05, 0.1) is 18.8 Å². The summed E-state index contributed by atoms with van der Waals surface area (Å²) in [6, 6.07) is -0.535. The number of carbonyl (C=O) groups excluding carboxylic acids is 1. The summed E-state index contributed by atoms with van der Waals surface area (Å²) < 4.78 is 0. The van der Waals surface area contributed by atoms with Crippen molar-refractivity contribution in [1.82, 2.24) is 5.32 Å². The van der Waals surface area contributed by atoms with Crippen molar-refractivity contribution in [1.29, 1.82) is 0 Å². The van der Waals surface area contributed by atoms with Gasteiger partial charge >= 0.3 is 0 Å². The summed E-state index contributed by atoms with van der Waals surface area (Å²) >= 11 is 0. The van der Waals surface area contributed by atoms with Crippen molar-refractivity contribution in [2.75, 3.05) is 6.61 Å². The van der Waals surface area contributed by atoms with Crippen LogP contribution in [-0.4, -0.2) is 34.9 Å². The molecule has 0 aliphatic heterocycles. The van der Waals surface area contributed by atoms with Crippen LogP contribution in [0.4, 0.5) is 0 Å². The number of rotatable bonds is 61. The summed E-state index contributed by atoms with van der Waals surface area (Å²) in [5, 5.41) is 23.4. The molecule has 0 aromatic carbocycles. The quantitative estimate of drug-likeness (QED) is 0.0420. The highest BCUT2D eigenvalue weighted by atomic mass is 16.3. The van der Waals surface area contributed by atoms with Gasteiger partial charge in [-0.25, -0.2) is 0 Å². The monoisotopic (exact) mass is 984 g/mol. The van der Waals surface area contributed by atoms with E-state index in [1.54, 1.807) is 0 Å². The minimum absolute atomic E-state index is 0.0244. The van der Waals surface area contributed by atoms with Gasteiger partial charge in [0.1, 0.15) is 0 Å². The molecule has 2 unspecified atom stereocenters. The summed E-state index contributed by atoms with van der Waals surface area (Å²) in [7, 11) is 0. The van der Waals surface area contributed by atoms with Gasteiger partial charge in [0.2, 0.25) is 5.91 Å². The molecule has 0 aromatic heterocycles. The zero-order valence-corrected chi connectivity index (χ0v) is 48.1. The fourth-order valence-electron chi connectivity index (χ4n) is 10.5. The number of hydrogen-bond donors (Lipinski definition) is 3. The molecule has 416 valence electrons. The zero-order valence-electron chi connectivity index (χ0n) is 48.1. The normalized spacial score (nSPS) is 12.8. The van der Waals surface area contributed by atoms with E-state index in [2.05, 4.69) is 43.5 Å². The third kappa shape index (κ3) is 57.8. The predicted octanol–water partition coefficient (Wildman–Crippen LogP) is 21.8. The standard InChI is InChI=1S/C66H129NO3/c1-3-5-7-9-11-13-15-17-19-21-23-24-25-26-27-28-29-30-31-32-33-34-35-36-37-38-39-40-41-42-44-46-48-50-52-54-56-58-60-62-66(70)67-64(63-68)65(69)61-59-57-55-53-51-49-47-45-43-22-20-18-16-14-12-10-8-6-4-2/h29-30,32-33,64-65,68-69H,3-28,31,34-63H2,1-2H3,(H,67,70)/b30-29-,33-32-. The molecular weight excluding hydrogens is 855 g/mol. The van der Waals surface area contributed by atoms with Crippen LogP contribution in [0.15, 0.2) is 24.3 Å². The molecule has 2 atom stereocenters. The van der Waals surface area contributed by atoms with E-state index in [4.69, 9.17) is 0 Å². The van der Waals surface area contributed by atoms with Gasteiger partial charge in [0.15, 0.2) is 0 Å². The Kier molecular flexibility index (Phi) is 61.2. The zero-order chi connectivity index (χ0) is 50.6. The van der Waals surface area contributed by atoms with Crippen LogP contribution in [0, 0.1) is 0 Å². The number of allylic oxidation sites excluding steroid dienone is 4. The molecule has 4 nitrogen and oxygen atoms in total. The Hall–Kier alpha value is -1.13. The SMILES string of the molecule is CCCCCCCCCCCCCCCCC/C=C\C/C=C\CCCCCCCCCCCCCCCCCCCC(=O)NC(CO)C(O)CCCCCCCCCCCCCCCCCCCCC. The first-order chi connectivity index (χ1) is 34.7. The molecule has 0 saturated heterocycles. The molecule has 0 fully saturated rings. The van der Waals surface area contributed by atoms with Crippen LogP contribution in [0.25, 0.3) is 0 Å². The highest BCUT2D eigenvalue weighted by Crippen LogP contribution is 2.19. The maximum atomic E-state index is 12.5. The lowest BCUT2D eigenvalue weighted by Crippen LogP contribution is -2.45. The molecule has 4 heteroatoms. The van der Waals surface area contributed by atoms with Crippen molar-refractivity contribution in [3.8, 4) is 0 Å². The maximum Gasteiger partial charge on any atom is 0.220 e. The number of nitrogens with one attached hydrogen (secondary N) is 1. The second kappa shape index (κ2) is 62.2. The lowest BCUT2D eigenvalue weighted by molar-refractivity contribution is -0.123. The van der Waals surface area contributed by atoms with E-state index in [1.807, 2.05) is 0 Å². The van der Waals surface area contributed by atoms with Crippen LogP contribution in [0.2, 0.25) is 0 Å². The number of amides is 1. The van der Waals surface area contributed by atoms with Crippen LogP contribution < -0.4 is 5.32 Å².